The van der Waals surface area contributed by atoms with Crippen molar-refractivity contribution < 1.29 is 18.9 Å². The van der Waals surface area contributed by atoms with Gasteiger partial charge in [-0.05, 0) is 39.0 Å². The van der Waals surface area contributed by atoms with Crippen molar-refractivity contribution in [2.24, 2.45) is 11.3 Å². The van der Waals surface area contributed by atoms with Gasteiger partial charge in [-0.1, -0.05) is 20.8 Å². The van der Waals surface area contributed by atoms with Crippen LogP contribution in [0.5, 0.6) is 0 Å². The van der Waals surface area contributed by atoms with Crippen LogP contribution in [0.15, 0.2) is 11.1 Å². The lowest BCUT2D eigenvalue weighted by molar-refractivity contribution is -0.0262. The minimum absolute atomic E-state index is 0.0419. The number of fused-ring (bicyclic) bond motifs is 1. The van der Waals surface area contributed by atoms with Gasteiger partial charge in [0, 0.05) is 18.1 Å². The van der Waals surface area contributed by atoms with Crippen LogP contribution in [0.1, 0.15) is 60.6 Å². The molecular weight excluding hydrogens is 447 g/mol. The summed E-state index contributed by atoms with van der Waals surface area (Å²) in [5.74, 6) is 0.201. The zero-order valence-corrected chi connectivity index (χ0v) is 21.2. The van der Waals surface area contributed by atoms with Crippen molar-refractivity contribution >= 4 is 25.6 Å². The Hall–Kier alpha value is -1.62. The molecule has 0 aromatic carbocycles. The molecule has 1 aliphatic heterocycles. The van der Waals surface area contributed by atoms with E-state index in [1.165, 1.54) is 0 Å². The Morgan fingerprint density at radius 1 is 1.36 bits per heavy atom. The van der Waals surface area contributed by atoms with E-state index >= 15 is 0 Å². The first-order valence-electron chi connectivity index (χ1n) is 11.2. The highest BCUT2D eigenvalue weighted by atomic mass is 31.2. The van der Waals surface area contributed by atoms with Gasteiger partial charge in [-0.2, -0.15) is 4.98 Å². The van der Waals surface area contributed by atoms with E-state index in [9.17, 15) is 9.90 Å². The molecule has 2 aromatic rings. The average molecular weight is 485 g/mol. The highest BCUT2D eigenvalue weighted by Gasteiger charge is 2.36. The molecule has 5 N–H and O–H groups in total. The van der Waals surface area contributed by atoms with Crippen LogP contribution >= 0.6 is 8.53 Å². The van der Waals surface area contributed by atoms with Crippen LogP contribution in [-0.2, 0) is 13.8 Å². The Morgan fingerprint density at radius 2 is 2.09 bits per heavy atom. The van der Waals surface area contributed by atoms with Crippen LogP contribution in [-0.4, -0.2) is 56.1 Å². The molecule has 4 unspecified atom stereocenters. The Kier molecular flexibility index (Phi) is 8.14. The minimum Gasteiger partial charge on any atom is -0.396 e. The number of aliphatic hydroxyl groups is 1. The van der Waals surface area contributed by atoms with Crippen LogP contribution in [0.4, 0.5) is 5.95 Å². The predicted octanol–water partition coefficient (Wildman–Crippen LogP) is 2.68. The number of aromatic nitrogens is 4. The maximum atomic E-state index is 12.1. The normalized spacial score (nSPS) is 22.8. The zero-order valence-electron chi connectivity index (χ0n) is 20.3. The van der Waals surface area contributed by atoms with Crippen LogP contribution < -0.4 is 16.4 Å². The lowest BCUT2D eigenvalue weighted by Gasteiger charge is -2.29. The van der Waals surface area contributed by atoms with Gasteiger partial charge in [0.1, 0.15) is 6.23 Å². The highest BCUT2D eigenvalue weighted by molar-refractivity contribution is 7.45. The fourth-order valence-electron chi connectivity index (χ4n) is 3.50. The van der Waals surface area contributed by atoms with Gasteiger partial charge in [0.05, 0.1) is 25.6 Å². The van der Waals surface area contributed by atoms with E-state index in [1.807, 2.05) is 13.8 Å². The number of ether oxygens (including phenoxy) is 1. The first-order chi connectivity index (χ1) is 15.4. The molecule has 1 saturated heterocycles. The largest absolute Gasteiger partial charge is 0.396 e. The third-order valence-corrected chi connectivity index (χ3v) is 7.05. The average Bonchev–Trinajstić information content (AvgIpc) is 3.27. The van der Waals surface area contributed by atoms with E-state index in [-0.39, 0.29) is 52.8 Å². The lowest BCUT2D eigenvalue weighted by atomic mass is 9.91. The number of nitrogens with two attached hydrogens (primary N) is 1. The van der Waals surface area contributed by atoms with E-state index in [2.05, 4.69) is 47.7 Å². The molecule has 0 bridgehead atoms. The highest BCUT2D eigenvalue weighted by Crippen LogP contribution is 2.41. The molecule has 3 heterocycles. The molecule has 0 saturated carbocycles. The Labute approximate surface area is 195 Å². The van der Waals surface area contributed by atoms with Crippen molar-refractivity contribution in [1.82, 2.24) is 24.6 Å². The Morgan fingerprint density at radius 3 is 2.76 bits per heavy atom. The second-order valence-electron chi connectivity index (χ2n) is 10.5. The van der Waals surface area contributed by atoms with E-state index in [4.69, 9.17) is 19.5 Å². The number of imidazole rings is 1. The first kappa shape index (κ1) is 26.0. The first-order valence-corrected chi connectivity index (χ1v) is 12.4. The fourth-order valence-corrected chi connectivity index (χ4v) is 4.81. The zero-order chi connectivity index (χ0) is 24.4. The van der Waals surface area contributed by atoms with Gasteiger partial charge < -0.3 is 24.6 Å². The molecule has 0 radical (unpaired) electrons. The smallest absolute Gasteiger partial charge is 0.280 e. The molecule has 0 amide bonds. The molecule has 186 valence electrons. The van der Waals surface area contributed by atoms with Gasteiger partial charge in [0.25, 0.3) is 14.1 Å². The third kappa shape index (κ3) is 6.94. The van der Waals surface area contributed by atoms with E-state index < -0.39 is 8.53 Å². The van der Waals surface area contributed by atoms with E-state index in [0.717, 1.165) is 12.8 Å². The summed E-state index contributed by atoms with van der Waals surface area (Å²) in [4.78, 5) is 23.0. The number of H-pyrrole nitrogens is 1. The lowest BCUT2D eigenvalue weighted by Crippen LogP contribution is -2.33. The van der Waals surface area contributed by atoms with Crippen LogP contribution in [0.3, 0.4) is 0 Å². The molecule has 0 aliphatic carbocycles. The topological polar surface area (TPSA) is 150 Å². The molecule has 11 nitrogen and oxygen atoms in total. The maximum Gasteiger partial charge on any atom is 0.280 e. The third-order valence-electron chi connectivity index (χ3n) is 5.40. The molecule has 0 spiro atoms. The van der Waals surface area contributed by atoms with Gasteiger partial charge in [-0.3, -0.25) is 14.3 Å². The summed E-state index contributed by atoms with van der Waals surface area (Å²) >= 11 is 0. The molecule has 1 aliphatic rings. The maximum absolute atomic E-state index is 12.1. The number of nitrogen functional groups attached to an aromatic ring is 1. The molecular formula is C21H37N6O5P. The molecule has 4 atom stereocenters. The van der Waals surface area contributed by atoms with Crippen LogP contribution in [0.2, 0.25) is 0 Å². The van der Waals surface area contributed by atoms with Crippen molar-refractivity contribution in [3.8, 4) is 0 Å². The van der Waals surface area contributed by atoms with E-state index in [1.54, 1.807) is 10.9 Å². The molecule has 3 rings (SSSR count). The second kappa shape index (κ2) is 10.3. The number of nitrogens with one attached hydrogen (secondary N) is 2. The Bertz CT molecular complexity index is 988. The van der Waals surface area contributed by atoms with Crippen molar-refractivity contribution in [2.45, 2.75) is 72.3 Å². The number of hydrogen-bond acceptors (Lipinski definition) is 9. The van der Waals surface area contributed by atoms with Gasteiger partial charge in [0.2, 0.25) is 5.95 Å². The number of hydrogen-bond donors (Lipinski definition) is 4. The predicted molar refractivity (Wildman–Crippen MR) is 127 cm³/mol. The van der Waals surface area contributed by atoms with Crippen molar-refractivity contribution in [3.05, 3.63) is 16.7 Å². The molecule has 33 heavy (non-hydrogen) atoms. The summed E-state index contributed by atoms with van der Waals surface area (Å²) in [5.41, 5.74) is 5.60. The number of aliphatic hydroxyl groups excluding tert-OH is 1. The Balaban J connectivity index is 1.62. The SMILES string of the molecule is CC1CC(COP(NC(C)(C)C)OCCC(C)(C)CO)OC1n1cnc2c(=O)[nH]c(N)nc21. The standard InChI is InChI=1S/C21H37N6O5P/c1-13-9-14(10-31-33(26-20(2,3)4)30-8-7-21(5,6)11-28)32-18(13)27-12-23-15-16(27)24-19(22)25-17(15)29/h12-14,18,26,28H,7-11H2,1-6H3,(H3,22,24,25,29). The summed E-state index contributed by atoms with van der Waals surface area (Å²) in [7, 11) is -1.34. The van der Waals surface area contributed by atoms with Crippen molar-refractivity contribution in [3.63, 3.8) is 0 Å². The van der Waals surface area contributed by atoms with Crippen LogP contribution in [0, 0.1) is 11.3 Å². The summed E-state index contributed by atoms with van der Waals surface area (Å²) in [6.45, 7) is 13.2. The number of anilines is 1. The summed E-state index contributed by atoms with van der Waals surface area (Å²) in [6, 6.07) is 0. The summed E-state index contributed by atoms with van der Waals surface area (Å²) in [6.07, 6.45) is 2.59. The van der Waals surface area contributed by atoms with Gasteiger partial charge in [-0.25, -0.2) is 10.1 Å². The van der Waals surface area contributed by atoms with E-state index in [0.29, 0.717) is 18.9 Å². The molecule has 2 aromatic heterocycles. The van der Waals surface area contributed by atoms with Crippen molar-refractivity contribution in [1.29, 1.82) is 0 Å². The summed E-state index contributed by atoms with van der Waals surface area (Å²) in [5, 5.41) is 12.9. The van der Waals surface area contributed by atoms with Crippen LogP contribution in [0.25, 0.3) is 11.2 Å². The van der Waals surface area contributed by atoms with Crippen molar-refractivity contribution in [2.75, 3.05) is 25.6 Å². The quantitative estimate of drug-likeness (QED) is 0.373. The summed E-state index contributed by atoms with van der Waals surface area (Å²) < 4.78 is 20.2. The number of rotatable bonds is 10. The molecule has 1 fully saturated rings. The van der Waals surface area contributed by atoms with Gasteiger partial charge in [0.15, 0.2) is 11.2 Å². The monoisotopic (exact) mass is 484 g/mol. The van der Waals surface area contributed by atoms with Gasteiger partial charge >= 0.3 is 0 Å². The number of nitrogens with zero attached hydrogens (tertiary/aromatic N) is 3. The van der Waals surface area contributed by atoms with Gasteiger partial charge in [-0.15, -0.1) is 0 Å². The molecule has 12 heteroatoms. The number of aromatic amines is 1. The fraction of sp³-hybridized carbons (Fsp3) is 0.762. The minimum atomic E-state index is -1.34. The second-order valence-corrected chi connectivity index (χ2v) is 11.7.